The van der Waals surface area contributed by atoms with Crippen LogP contribution in [-0.4, -0.2) is 60.0 Å². The van der Waals surface area contributed by atoms with Crippen LogP contribution < -0.4 is 10.1 Å². The maximum atomic E-state index is 13.9. The summed E-state index contributed by atoms with van der Waals surface area (Å²) in [6.07, 6.45) is 8.14. The summed E-state index contributed by atoms with van der Waals surface area (Å²) in [6.45, 7) is 7.93. The molecule has 0 aliphatic carbocycles. The van der Waals surface area contributed by atoms with Crippen molar-refractivity contribution in [2.24, 2.45) is 4.99 Å². The number of hydrogen-bond acceptors (Lipinski definition) is 5. The lowest BCUT2D eigenvalue weighted by Gasteiger charge is -2.41. The zero-order valence-electron chi connectivity index (χ0n) is 21.8. The maximum absolute atomic E-state index is 13.9. The van der Waals surface area contributed by atoms with Crippen LogP contribution in [0.4, 0.5) is 0 Å². The molecule has 8 heteroatoms. The third-order valence-electron chi connectivity index (χ3n) is 7.32. The minimum Gasteiger partial charge on any atom is -0.425 e. The Hall–Kier alpha value is -2.89. The summed E-state index contributed by atoms with van der Waals surface area (Å²) in [5.41, 5.74) is 3.29. The van der Waals surface area contributed by atoms with Gasteiger partial charge in [-0.25, -0.2) is 0 Å². The number of nitrogens with zero attached hydrogens (tertiary/aromatic N) is 4. The number of carbonyl (C=O) groups is 1. The van der Waals surface area contributed by atoms with Crippen molar-refractivity contribution < 1.29 is 9.53 Å². The molecule has 196 valence electrons. The van der Waals surface area contributed by atoms with E-state index in [9.17, 15) is 10.1 Å². The Bertz CT molecular complexity index is 1110. The fourth-order valence-corrected chi connectivity index (χ4v) is 5.65. The van der Waals surface area contributed by atoms with E-state index in [1.165, 1.54) is 32.4 Å². The predicted molar refractivity (Wildman–Crippen MR) is 149 cm³/mol. The standard InChI is InChI=1S/C29H36BrN5O2/c1-21-17-23(18-22(2)27(21)30)19-26(33-29(32-20-31)37-25-9-5-3-6-10-25)28(36)35-15-11-24(12-16-35)34-13-7-4-8-14-34/h3,5-6,9-10,17-18,24,26H,4,7-8,11-16,19H2,1-2H3,(H,32,33)/t26-/m0/s1. The number of benzene rings is 2. The van der Waals surface area contributed by atoms with Gasteiger partial charge >= 0.3 is 6.02 Å². The third kappa shape index (κ3) is 7.33. The molecule has 2 aliphatic rings. The quantitative estimate of drug-likeness (QED) is 0.304. The minimum absolute atomic E-state index is 0.0117. The normalized spacial score (nSPS) is 18.2. The number of carbonyl (C=O) groups excluding carboxylic acids is 1. The number of piperidine rings is 2. The van der Waals surface area contributed by atoms with Gasteiger partial charge in [0.2, 0.25) is 12.1 Å². The van der Waals surface area contributed by atoms with Crippen LogP contribution in [0.25, 0.3) is 0 Å². The second-order valence-corrected chi connectivity index (χ2v) is 10.8. The number of amidine groups is 1. The van der Waals surface area contributed by atoms with Gasteiger partial charge in [0.25, 0.3) is 0 Å². The van der Waals surface area contributed by atoms with Gasteiger partial charge in [0.15, 0.2) is 0 Å². The molecule has 0 bridgehead atoms. The fraction of sp³-hybridized carbons (Fsp3) is 0.483. The summed E-state index contributed by atoms with van der Waals surface area (Å²) in [5, 5.41) is 12.5. The summed E-state index contributed by atoms with van der Waals surface area (Å²) in [6, 6.07) is 13.3. The van der Waals surface area contributed by atoms with E-state index in [4.69, 9.17) is 4.74 Å². The summed E-state index contributed by atoms with van der Waals surface area (Å²) >= 11 is 3.64. The van der Waals surface area contributed by atoms with E-state index in [0.717, 1.165) is 47.1 Å². The van der Waals surface area contributed by atoms with Gasteiger partial charge in [-0.15, -0.1) is 4.99 Å². The number of ether oxygens (including phenoxy) is 1. The van der Waals surface area contributed by atoms with Crippen molar-refractivity contribution in [2.75, 3.05) is 26.2 Å². The minimum atomic E-state index is -0.609. The second-order valence-electron chi connectivity index (χ2n) is 10.0. The lowest BCUT2D eigenvalue weighted by atomic mass is 9.97. The third-order valence-corrected chi connectivity index (χ3v) is 8.58. The Labute approximate surface area is 228 Å². The zero-order valence-corrected chi connectivity index (χ0v) is 23.3. The molecule has 2 heterocycles. The number of hydrogen-bond donors (Lipinski definition) is 1. The first-order valence-corrected chi connectivity index (χ1v) is 14.0. The van der Waals surface area contributed by atoms with Gasteiger partial charge in [-0.3, -0.25) is 4.79 Å². The number of rotatable bonds is 6. The van der Waals surface area contributed by atoms with Crippen LogP contribution >= 0.6 is 15.9 Å². The van der Waals surface area contributed by atoms with Crippen LogP contribution in [0.3, 0.4) is 0 Å². The Balaban J connectivity index is 1.51. The number of para-hydroxylation sites is 1. The highest BCUT2D eigenvalue weighted by Gasteiger charge is 2.32. The van der Waals surface area contributed by atoms with Gasteiger partial charge in [0.1, 0.15) is 11.8 Å². The molecule has 2 saturated heterocycles. The van der Waals surface area contributed by atoms with E-state index in [2.05, 4.69) is 57.1 Å². The molecule has 2 aliphatic heterocycles. The largest absolute Gasteiger partial charge is 0.425 e. The summed E-state index contributed by atoms with van der Waals surface area (Å²) in [7, 11) is 0. The molecule has 0 unspecified atom stereocenters. The van der Waals surface area contributed by atoms with E-state index in [0.29, 0.717) is 18.2 Å². The number of likely N-dealkylation sites (tertiary alicyclic amines) is 2. The molecule has 1 amide bonds. The van der Waals surface area contributed by atoms with Gasteiger partial charge in [0.05, 0.1) is 0 Å². The van der Waals surface area contributed by atoms with E-state index < -0.39 is 6.04 Å². The SMILES string of the molecule is Cc1cc(C[C@H](N/C(=N\C#N)Oc2ccccc2)C(=O)N2CCC(N3CCCCC3)CC2)cc(C)c1Br. The lowest BCUT2D eigenvalue weighted by molar-refractivity contribution is -0.134. The van der Waals surface area contributed by atoms with Crippen LogP contribution in [-0.2, 0) is 11.2 Å². The first-order chi connectivity index (χ1) is 17.9. The lowest BCUT2D eigenvalue weighted by Crippen LogP contribution is -2.54. The van der Waals surface area contributed by atoms with E-state index >= 15 is 0 Å². The summed E-state index contributed by atoms with van der Waals surface area (Å²) in [5.74, 6) is 0.561. The molecule has 0 saturated carbocycles. The molecular weight excluding hydrogens is 530 g/mol. The number of nitrogens with one attached hydrogen (secondary N) is 1. The highest BCUT2D eigenvalue weighted by Crippen LogP contribution is 2.25. The van der Waals surface area contributed by atoms with Crippen molar-refractivity contribution in [3.63, 3.8) is 0 Å². The molecule has 1 N–H and O–H groups in total. The van der Waals surface area contributed by atoms with Crippen LogP contribution in [0, 0.1) is 25.3 Å². The predicted octanol–water partition coefficient (Wildman–Crippen LogP) is 4.96. The molecule has 0 radical (unpaired) electrons. The summed E-state index contributed by atoms with van der Waals surface area (Å²) < 4.78 is 6.93. The van der Waals surface area contributed by atoms with Gasteiger partial charge in [-0.2, -0.15) is 5.26 Å². The monoisotopic (exact) mass is 565 g/mol. The number of amides is 1. The number of aliphatic imine (C=N–C) groups is 1. The molecule has 1 atom stereocenters. The molecule has 37 heavy (non-hydrogen) atoms. The van der Waals surface area contributed by atoms with Crippen molar-refractivity contribution in [1.82, 2.24) is 15.1 Å². The van der Waals surface area contributed by atoms with Gasteiger partial charge in [-0.05, 0) is 81.4 Å². The fourth-order valence-electron chi connectivity index (χ4n) is 5.42. The molecule has 2 aromatic carbocycles. The van der Waals surface area contributed by atoms with Gasteiger partial charge in [0, 0.05) is 30.0 Å². The highest BCUT2D eigenvalue weighted by molar-refractivity contribution is 9.10. The number of nitriles is 1. The molecule has 2 fully saturated rings. The van der Waals surface area contributed by atoms with Crippen LogP contribution in [0.15, 0.2) is 51.9 Å². The molecular formula is C29H36BrN5O2. The Morgan fingerprint density at radius 1 is 1.11 bits per heavy atom. The zero-order chi connectivity index (χ0) is 26.2. The van der Waals surface area contributed by atoms with E-state index in [1.807, 2.05) is 29.3 Å². The average molecular weight is 567 g/mol. The van der Waals surface area contributed by atoms with Crippen LogP contribution in [0.2, 0.25) is 0 Å². The van der Waals surface area contributed by atoms with Crippen LogP contribution in [0.1, 0.15) is 48.8 Å². The second kappa shape index (κ2) is 13.1. The first kappa shape index (κ1) is 27.2. The first-order valence-electron chi connectivity index (χ1n) is 13.2. The molecule has 0 aromatic heterocycles. The van der Waals surface area contributed by atoms with Crippen molar-refractivity contribution in [2.45, 2.75) is 64.5 Å². The smallest absolute Gasteiger partial charge is 0.306 e. The molecule has 4 rings (SSSR count). The van der Waals surface area contributed by atoms with Crippen molar-refractivity contribution in [3.8, 4) is 11.9 Å². The highest BCUT2D eigenvalue weighted by atomic mass is 79.9. The summed E-state index contributed by atoms with van der Waals surface area (Å²) in [4.78, 5) is 22.3. The molecule has 0 spiro atoms. The number of aryl methyl sites for hydroxylation is 2. The van der Waals surface area contributed by atoms with E-state index in [1.54, 1.807) is 12.1 Å². The van der Waals surface area contributed by atoms with Crippen molar-refractivity contribution >= 4 is 27.9 Å². The van der Waals surface area contributed by atoms with Gasteiger partial charge in [-0.1, -0.05) is 52.7 Å². The van der Waals surface area contributed by atoms with Crippen molar-refractivity contribution in [3.05, 3.63) is 63.6 Å². The Morgan fingerprint density at radius 2 is 1.76 bits per heavy atom. The Kier molecular flexibility index (Phi) is 9.59. The van der Waals surface area contributed by atoms with Gasteiger partial charge < -0.3 is 19.9 Å². The maximum Gasteiger partial charge on any atom is 0.306 e. The topological polar surface area (TPSA) is 81.0 Å². The Morgan fingerprint density at radius 3 is 2.38 bits per heavy atom. The average Bonchev–Trinajstić information content (AvgIpc) is 2.92. The number of halogens is 1. The van der Waals surface area contributed by atoms with Crippen LogP contribution in [0.5, 0.6) is 5.75 Å². The van der Waals surface area contributed by atoms with E-state index in [-0.39, 0.29) is 11.9 Å². The molecule has 2 aromatic rings. The molecule has 7 nitrogen and oxygen atoms in total. The van der Waals surface area contributed by atoms with Crippen molar-refractivity contribution in [1.29, 1.82) is 5.26 Å².